The van der Waals surface area contributed by atoms with Gasteiger partial charge in [-0.15, -0.1) is 0 Å². The number of benzene rings is 1. The fourth-order valence-electron chi connectivity index (χ4n) is 2.61. The number of carbonyl (C=O) groups excluding carboxylic acids is 1. The van der Waals surface area contributed by atoms with Gasteiger partial charge in [-0.2, -0.15) is 0 Å². The summed E-state index contributed by atoms with van der Waals surface area (Å²) in [6.07, 6.45) is 3.91. The Labute approximate surface area is 133 Å². The van der Waals surface area contributed by atoms with Crippen LogP contribution in [0.25, 0.3) is 0 Å². The van der Waals surface area contributed by atoms with E-state index in [0.29, 0.717) is 0 Å². The molecule has 0 aliphatic carbocycles. The molecule has 1 aliphatic rings. The Morgan fingerprint density at radius 1 is 1.14 bits per heavy atom. The van der Waals surface area contributed by atoms with Crippen LogP contribution in [-0.4, -0.2) is 41.4 Å². The molecule has 0 amide bonds. The average Bonchev–Trinajstić information content (AvgIpc) is 2.48. The number of hydrogen-bond acceptors (Lipinski definition) is 3. The van der Waals surface area contributed by atoms with E-state index in [9.17, 15) is 4.79 Å². The molecule has 22 heavy (non-hydrogen) atoms. The highest BCUT2D eigenvalue weighted by Gasteiger charge is 2.19. The van der Waals surface area contributed by atoms with Gasteiger partial charge in [0.2, 0.25) is 0 Å². The molecule has 1 fully saturated rings. The molecule has 1 atom stereocenters. The van der Waals surface area contributed by atoms with E-state index in [1.807, 2.05) is 31.2 Å². The number of Topliss-reactive ketones (excluding diaryl/α,β-unsaturated/α-hetero) is 1. The number of piperidine rings is 1. The zero-order valence-corrected chi connectivity index (χ0v) is 13.8. The van der Waals surface area contributed by atoms with Crippen LogP contribution in [0, 0.1) is 12.8 Å². The minimum absolute atomic E-state index is 0.103. The van der Waals surface area contributed by atoms with Gasteiger partial charge in [0.15, 0.2) is 5.78 Å². The topological polar surface area (TPSA) is 57.6 Å². The Kier molecular flexibility index (Phi) is 7.82. The van der Waals surface area contributed by atoms with Crippen molar-refractivity contribution < 1.29 is 14.7 Å². The van der Waals surface area contributed by atoms with E-state index in [-0.39, 0.29) is 11.7 Å². The van der Waals surface area contributed by atoms with Crippen LogP contribution in [0.5, 0.6) is 0 Å². The summed E-state index contributed by atoms with van der Waals surface area (Å²) in [6.45, 7) is 8.41. The molecule has 1 aromatic rings. The molecule has 0 saturated carbocycles. The summed E-state index contributed by atoms with van der Waals surface area (Å²) >= 11 is 0. The Balaban J connectivity index is 0.000000541. The molecule has 0 unspecified atom stereocenters. The van der Waals surface area contributed by atoms with Crippen LogP contribution in [0.2, 0.25) is 0 Å². The minimum atomic E-state index is -0.833. The van der Waals surface area contributed by atoms with E-state index in [4.69, 9.17) is 9.90 Å². The van der Waals surface area contributed by atoms with Crippen molar-refractivity contribution in [1.29, 1.82) is 0 Å². The number of likely N-dealkylation sites (tertiary alicyclic amines) is 1. The summed E-state index contributed by atoms with van der Waals surface area (Å²) in [6, 6.07) is 7.93. The van der Waals surface area contributed by atoms with E-state index in [0.717, 1.165) is 32.1 Å². The van der Waals surface area contributed by atoms with Crippen LogP contribution in [-0.2, 0) is 4.79 Å². The second-order valence-electron chi connectivity index (χ2n) is 6.01. The molecular weight excluding hydrogens is 278 g/mol. The van der Waals surface area contributed by atoms with Gasteiger partial charge in [-0.25, -0.2) is 0 Å². The van der Waals surface area contributed by atoms with Gasteiger partial charge in [0.25, 0.3) is 5.97 Å². The lowest BCUT2D eigenvalue weighted by atomic mass is 9.97. The van der Waals surface area contributed by atoms with Gasteiger partial charge in [-0.3, -0.25) is 9.59 Å². The molecule has 2 rings (SSSR count). The van der Waals surface area contributed by atoms with Gasteiger partial charge < -0.3 is 10.0 Å². The molecular formula is C18H27NO3. The lowest BCUT2D eigenvalue weighted by molar-refractivity contribution is -0.134. The molecule has 4 nitrogen and oxygen atoms in total. The predicted octanol–water partition coefficient (Wildman–Crippen LogP) is 3.39. The predicted molar refractivity (Wildman–Crippen MR) is 88.3 cm³/mol. The fourth-order valence-corrected chi connectivity index (χ4v) is 2.61. The highest BCUT2D eigenvalue weighted by atomic mass is 16.4. The summed E-state index contributed by atoms with van der Waals surface area (Å²) in [5.74, 6) is -0.452. The molecule has 1 N–H and O–H groups in total. The lowest BCUT2D eigenvalue weighted by Gasteiger charge is -2.28. The highest BCUT2D eigenvalue weighted by molar-refractivity contribution is 5.97. The van der Waals surface area contributed by atoms with Crippen molar-refractivity contribution in [1.82, 2.24) is 4.90 Å². The number of ketones is 1. The first-order valence-corrected chi connectivity index (χ1v) is 7.93. The van der Waals surface area contributed by atoms with E-state index in [1.165, 1.54) is 24.8 Å². The fraction of sp³-hybridized carbons (Fsp3) is 0.556. The number of nitrogens with zero attached hydrogens (tertiary/aromatic N) is 1. The van der Waals surface area contributed by atoms with Crippen molar-refractivity contribution in [3.63, 3.8) is 0 Å². The number of hydrogen-bond donors (Lipinski definition) is 1. The third-order valence-corrected chi connectivity index (χ3v) is 3.76. The zero-order valence-electron chi connectivity index (χ0n) is 13.8. The quantitative estimate of drug-likeness (QED) is 0.866. The van der Waals surface area contributed by atoms with Crippen molar-refractivity contribution in [2.45, 2.75) is 40.0 Å². The van der Waals surface area contributed by atoms with Gasteiger partial charge in [0.05, 0.1) is 0 Å². The second kappa shape index (κ2) is 9.36. The minimum Gasteiger partial charge on any atom is -0.481 e. The Bertz CT molecular complexity index is 472. The maximum absolute atomic E-state index is 12.3. The standard InChI is InChI=1S/C16H23NO.C2H4O2/c1-13-6-8-15(9-7-13)16(18)14(2)12-17-10-4-3-5-11-17;1-2(3)4/h6-9,14H,3-5,10-12H2,1-2H3;1H3,(H,3,4)/t14-;/m0./s1. The van der Waals surface area contributed by atoms with Crippen LogP contribution < -0.4 is 0 Å². The molecule has 0 spiro atoms. The van der Waals surface area contributed by atoms with Crippen LogP contribution in [0.1, 0.15) is 49.0 Å². The van der Waals surface area contributed by atoms with Crippen molar-refractivity contribution in [3.05, 3.63) is 35.4 Å². The van der Waals surface area contributed by atoms with E-state index < -0.39 is 5.97 Å². The summed E-state index contributed by atoms with van der Waals surface area (Å²) in [7, 11) is 0. The van der Waals surface area contributed by atoms with Crippen molar-refractivity contribution in [2.24, 2.45) is 5.92 Å². The molecule has 1 aliphatic heterocycles. The molecule has 1 heterocycles. The molecule has 4 heteroatoms. The number of aliphatic carboxylic acids is 1. The maximum Gasteiger partial charge on any atom is 0.300 e. The number of carboxylic acid groups (broad SMARTS) is 1. The maximum atomic E-state index is 12.3. The molecule has 0 radical (unpaired) electrons. The number of carboxylic acids is 1. The van der Waals surface area contributed by atoms with E-state index in [2.05, 4.69) is 11.8 Å². The first kappa shape index (κ1) is 18.4. The monoisotopic (exact) mass is 305 g/mol. The van der Waals surface area contributed by atoms with E-state index in [1.54, 1.807) is 0 Å². The molecule has 1 aromatic carbocycles. The van der Waals surface area contributed by atoms with Gasteiger partial charge in [-0.1, -0.05) is 43.2 Å². The average molecular weight is 305 g/mol. The smallest absolute Gasteiger partial charge is 0.300 e. The largest absolute Gasteiger partial charge is 0.481 e. The molecule has 122 valence electrons. The summed E-state index contributed by atoms with van der Waals surface area (Å²) in [4.78, 5) is 23.7. The lowest BCUT2D eigenvalue weighted by Crippen LogP contribution is -2.35. The Morgan fingerprint density at radius 3 is 2.14 bits per heavy atom. The number of carbonyl (C=O) groups is 2. The van der Waals surface area contributed by atoms with Crippen molar-refractivity contribution in [3.8, 4) is 0 Å². The molecule has 1 saturated heterocycles. The molecule has 0 bridgehead atoms. The summed E-state index contributed by atoms with van der Waals surface area (Å²) < 4.78 is 0. The third kappa shape index (κ3) is 6.85. The Morgan fingerprint density at radius 2 is 1.64 bits per heavy atom. The Hall–Kier alpha value is -1.68. The van der Waals surface area contributed by atoms with Crippen molar-refractivity contribution in [2.75, 3.05) is 19.6 Å². The van der Waals surface area contributed by atoms with Gasteiger partial charge in [0, 0.05) is 24.9 Å². The first-order chi connectivity index (χ1) is 10.4. The molecule has 0 aromatic heterocycles. The third-order valence-electron chi connectivity index (χ3n) is 3.76. The second-order valence-corrected chi connectivity index (χ2v) is 6.01. The normalized spacial score (nSPS) is 16.3. The van der Waals surface area contributed by atoms with Crippen LogP contribution >= 0.6 is 0 Å². The van der Waals surface area contributed by atoms with Gasteiger partial charge in [0.1, 0.15) is 0 Å². The van der Waals surface area contributed by atoms with Crippen LogP contribution in [0.3, 0.4) is 0 Å². The first-order valence-electron chi connectivity index (χ1n) is 7.93. The van der Waals surface area contributed by atoms with Gasteiger partial charge >= 0.3 is 0 Å². The van der Waals surface area contributed by atoms with Gasteiger partial charge in [-0.05, 0) is 32.9 Å². The van der Waals surface area contributed by atoms with Crippen molar-refractivity contribution >= 4 is 11.8 Å². The number of rotatable bonds is 4. The summed E-state index contributed by atoms with van der Waals surface area (Å²) in [5.41, 5.74) is 2.06. The highest BCUT2D eigenvalue weighted by Crippen LogP contribution is 2.15. The van der Waals surface area contributed by atoms with Crippen LogP contribution in [0.15, 0.2) is 24.3 Å². The zero-order chi connectivity index (χ0) is 16.5. The van der Waals surface area contributed by atoms with E-state index >= 15 is 0 Å². The summed E-state index contributed by atoms with van der Waals surface area (Å²) in [5, 5.41) is 7.42. The SMILES string of the molecule is CC(=O)O.Cc1ccc(C(=O)[C@@H](C)CN2CCCCC2)cc1. The van der Waals surface area contributed by atoms with Crippen LogP contribution in [0.4, 0.5) is 0 Å². The number of aryl methyl sites for hydroxylation is 1.